The van der Waals surface area contributed by atoms with Gasteiger partial charge in [0.1, 0.15) is 0 Å². The number of amides is 1. The number of aliphatic imine (C=N–C) groups is 1. The maximum Gasteiger partial charge on any atom is 0.253 e. The summed E-state index contributed by atoms with van der Waals surface area (Å²) in [5.74, 6) is 1.46. The largest absolute Gasteiger partial charge is 0.381 e. The molecule has 2 aliphatic heterocycles. The average Bonchev–Trinajstić information content (AvgIpc) is 3.32. The molecule has 2 heterocycles. The molecular formula is C23H36N4O3. The van der Waals surface area contributed by atoms with Crippen LogP contribution < -0.4 is 10.6 Å². The van der Waals surface area contributed by atoms with E-state index >= 15 is 0 Å². The second-order valence-electron chi connectivity index (χ2n) is 8.06. The molecule has 0 spiro atoms. The number of guanidine groups is 1. The predicted molar refractivity (Wildman–Crippen MR) is 119 cm³/mol. The Bertz CT molecular complexity index is 683. The van der Waals surface area contributed by atoms with Crippen molar-refractivity contribution in [1.82, 2.24) is 15.5 Å². The molecule has 1 atom stereocenters. The number of benzene rings is 1. The monoisotopic (exact) mass is 416 g/mol. The molecular weight excluding hydrogens is 380 g/mol. The van der Waals surface area contributed by atoms with Crippen LogP contribution in [0.25, 0.3) is 0 Å². The molecule has 0 aromatic heterocycles. The number of nitrogens with one attached hydrogen (secondary N) is 2. The molecule has 1 amide bonds. The van der Waals surface area contributed by atoms with Gasteiger partial charge in [-0.25, -0.2) is 0 Å². The minimum Gasteiger partial charge on any atom is -0.381 e. The minimum atomic E-state index is 0.142. The van der Waals surface area contributed by atoms with Crippen molar-refractivity contribution in [3.63, 3.8) is 0 Å². The van der Waals surface area contributed by atoms with Crippen LogP contribution in [0.2, 0.25) is 0 Å². The van der Waals surface area contributed by atoms with Crippen LogP contribution in [-0.2, 0) is 16.0 Å². The molecule has 0 saturated carbocycles. The molecule has 3 rings (SSSR count). The zero-order valence-electron chi connectivity index (χ0n) is 18.2. The first-order valence-corrected chi connectivity index (χ1v) is 11.2. The molecule has 1 aromatic rings. The summed E-state index contributed by atoms with van der Waals surface area (Å²) >= 11 is 0. The van der Waals surface area contributed by atoms with Crippen molar-refractivity contribution in [2.75, 3.05) is 53.1 Å². The first-order valence-electron chi connectivity index (χ1n) is 11.2. The maximum atomic E-state index is 12.7. The number of hydrogen-bond acceptors (Lipinski definition) is 4. The summed E-state index contributed by atoms with van der Waals surface area (Å²) < 4.78 is 11.1. The molecule has 0 bridgehead atoms. The molecule has 30 heavy (non-hydrogen) atoms. The van der Waals surface area contributed by atoms with Gasteiger partial charge < -0.3 is 25.0 Å². The van der Waals surface area contributed by atoms with Gasteiger partial charge in [-0.05, 0) is 49.8 Å². The number of ether oxygens (including phenoxy) is 2. The van der Waals surface area contributed by atoms with Crippen LogP contribution in [0.3, 0.4) is 0 Å². The Kier molecular flexibility index (Phi) is 9.44. The van der Waals surface area contributed by atoms with E-state index < -0.39 is 0 Å². The zero-order valence-corrected chi connectivity index (χ0v) is 18.2. The van der Waals surface area contributed by atoms with Crippen LogP contribution in [0, 0.1) is 5.92 Å². The summed E-state index contributed by atoms with van der Waals surface area (Å²) in [4.78, 5) is 19.0. The third-order valence-electron chi connectivity index (χ3n) is 5.64. The topological polar surface area (TPSA) is 75.2 Å². The molecule has 2 fully saturated rings. The third-order valence-corrected chi connectivity index (χ3v) is 5.64. The van der Waals surface area contributed by atoms with Gasteiger partial charge >= 0.3 is 0 Å². The Hall–Kier alpha value is -2.12. The van der Waals surface area contributed by atoms with Gasteiger partial charge in [-0.1, -0.05) is 12.1 Å². The lowest BCUT2D eigenvalue weighted by Gasteiger charge is -2.26. The highest BCUT2D eigenvalue weighted by molar-refractivity contribution is 5.94. The first kappa shape index (κ1) is 22.6. The lowest BCUT2D eigenvalue weighted by molar-refractivity contribution is 0.0724. The fraction of sp³-hybridized carbons (Fsp3) is 0.652. The Morgan fingerprint density at radius 2 is 2.13 bits per heavy atom. The van der Waals surface area contributed by atoms with E-state index in [9.17, 15) is 4.79 Å². The van der Waals surface area contributed by atoms with Gasteiger partial charge in [-0.15, -0.1) is 0 Å². The van der Waals surface area contributed by atoms with Gasteiger partial charge in [-0.3, -0.25) is 9.79 Å². The van der Waals surface area contributed by atoms with Crippen molar-refractivity contribution >= 4 is 11.9 Å². The van der Waals surface area contributed by atoms with Crippen molar-refractivity contribution in [2.45, 2.75) is 38.6 Å². The van der Waals surface area contributed by atoms with E-state index in [0.29, 0.717) is 12.5 Å². The van der Waals surface area contributed by atoms with Gasteiger partial charge in [0.05, 0.1) is 13.2 Å². The van der Waals surface area contributed by atoms with E-state index in [1.165, 1.54) is 6.42 Å². The highest BCUT2D eigenvalue weighted by Crippen LogP contribution is 2.14. The second-order valence-corrected chi connectivity index (χ2v) is 8.06. The van der Waals surface area contributed by atoms with Crippen LogP contribution >= 0.6 is 0 Å². The first-order chi connectivity index (χ1) is 14.8. The van der Waals surface area contributed by atoms with E-state index in [1.807, 2.05) is 29.2 Å². The van der Waals surface area contributed by atoms with Gasteiger partial charge in [0.15, 0.2) is 5.96 Å². The lowest BCUT2D eigenvalue weighted by atomic mass is 10.1. The van der Waals surface area contributed by atoms with Crippen LogP contribution in [0.15, 0.2) is 29.3 Å². The number of nitrogens with zero attached hydrogens (tertiary/aromatic N) is 2. The molecule has 166 valence electrons. The Morgan fingerprint density at radius 3 is 2.90 bits per heavy atom. The molecule has 1 aromatic carbocycles. The second kappa shape index (κ2) is 12.5. The highest BCUT2D eigenvalue weighted by atomic mass is 16.5. The van der Waals surface area contributed by atoms with Crippen molar-refractivity contribution in [3.8, 4) is 0 Å². The summed E-state index contributed by atoms with van der Waals surface area (Å²) in [6, 6.07) is 7.88. The molecule has 2 aliphatic rings. The van der Waals surface area contributed by atoms with Gasteiger partial charge in [0, 0.05) is 57.9 Å². The molecule has 2 N–H and O–H groups in total. The van der Waals surface area contributed by atoms with Crippen LogP contribution in [0.5, 0.6) is 0 Å². The van der Waals surface area contributed by atoms with Gasteiger partial charge in [0.25, 0.3) is 5.91 Å². The third kappa shape index (κ3) is 7.29. The molecule has 2 saturated heterocycles. The summed E-state index contributed by atoms with van der Waals surface area (Å²) in [5, 5.41) is 6.64. The van der Waals surface area contributed by atoms with Crippen molar-refractivity contribution in [3.05, 3.63) is 35.4 Å². The molecule has 0 aliphatic carbocycles. The summed E-state index contributed by atoms with van der Waals surface area (Å²) in [5.41, 5.74) is 1.84. The highest BCUT2D eigenvalue weighted by Gasteiger charge is 2.18. The molecule has 7 nitrogen and oxygen atoms in total. The fourth-order valence-corrected chi connectivity index (χ4v) is 3.85. The normalized spacial score (nSPS) is 19.7. The van der Waals surface area contributed by atoms with Crippen LogP contribution in [-0.4, -0.2) is 69.9 Å². The quantitative estimate of drug-likeness (QED) is 0.367. The zero-order chi connectivity index (χ0) is 21.0. The standard InChI is InChI=1S/C23H36N4O3/c1-24-23(25-10-6-13-29-17-20-9-14-30-18-20)26-16-19-7-5-8-21(15-19)22(28)27-11-3-2-4-12-27/h5,7-8,15,20H,2-4,6,9-14,16-18H2,1H3,(H2,24,25,26). The Morgan fingerprint density at radius 1 is 1.27 bits per heavy atom. The van der Waals surface area contributed by atoms with Crippen molar-refractivity contribution in [2.24, 2.45) is 10.9 Å². The van der Waals surface area contributed by atoms with Crippen molar-refractivity contribution in [1.29, 1.82) is 0 Å². The minimum absolute atomic E-state index is 0.142. The smallest absolute Gasteiger partial charge is 0.253 e. The van der Waals surface area contributed by atoms with E-state index in [0.717, 1.165) is 88.8 Å². The number of hydrogen-bond donors (Lipinski definition) is 2. The molecule has 1 unspecified atom stereocenters. The van der Waals surface area contributed by atoms with E-state index in [-0.39, 0.29) is 5.91 Å². The SMILES string of the molecule is CN=C(NCCCOCC1CCOC1)NCc1cccc(C(=O)N2CCCCC2)c1. The fourth-order valence-electron chi connectivity index (χ4n) is 3.85. The number of carbonyl (C=O) groups is 1. The van der Waals surface area contributed by atoms with E-state index in [4.69, 9.17) is 9.47 Å². The average molecular weight is 417 g/mol. The Labute approximate surface area is 180 Å². The molecule has 0 radical (unpaired) electrons. The Balaban J connectivity index is 1.35. The van der Waals surface area contributed by atoms with Crippen LogP contribution in [0.1, 0.15) is 48.0 Å². The van der Waals surface area contributed by atoms with Crippen LogP contribution in [0.4, 0.5) is 0 Å². The number of likely N-dealkylation sites (tertiary alicyclic amines) is 1. The predicted octanol–water partition coefficient (Wildman–Crippen LogP) is 2.42. The van der Waals surface area contributed by atoms with E-state index in [1.54, 1.807) is 7.05 Å². The lowest BCUT2D eigenvalue weighted by Crippen LogP contribution is -2.38. The number of rotatable bonds is 9. The molecule has 7 heteroatoms. The number of piperidine rings is 1. The number of carbonyl (C=O) groups excluding carboxylic acids is 1. The van der Waals surface area contributed by atoms with Gasteiger partial charge in [0.2, 0.25) is 0 Å². The summed E-state index contributed by atoms with van der Waals surface area (Å²) in [6.07, 6.45) is 5.47. The maximum absolute atomic E-state index is 12.7. The summed E-state index contributed by atoms with van der Waals surface area (Å²) in [6.45, 7) is 6.40. The van der Waals surface area contributed by atoms with Crippen molar-refractivity contribution < 1.29 is 14.3 Å². The summed E-state index contributed by atoms with van der Waals surface area (Å²) in [7, 11) is 1.77. The van der Waals surface area contributed by atoms with E-state index in [2.05, 4.69) is 15.6 Å². The van der Waals surface area contributed by atoms with Gasteiger partial charge in [-0.2, -0.15) is 0 Å².